The first-order valence-electron chi connectivity index (χ1n) is 7.96. The molecule has 0 aliphatic carbocycles. The summed E-state index contributed by atoms with van der Waals surface area (Å²) in [5.74, 6) is 1.11. The van der Waals surface area contributed by atoms with Crippen LogP contribution >= 0.6 is 34.9 Å². The number of carbonyl (C=O) groups is 1. The third-order valence-corrected chi connectivity index (χ3v) is 6.83. The Balaban J connectivity index is 1.43. The van der Waals surface area contributed by atoms with Gasteiger partial charge in [-0.25, -0.2) is 0 Å². The SMILES string of the molecule is O=C(NSc1ccc([C@@H]2CN3CCC2CC3)cc1Cl)c1nncs1. The number of fused-ring (bicyclic) bond motifs is 3. The van der Waals surface area contributed by atoms with Gasteiger partial charge in [0.2, 0.25) is 5.01 Å². The van der Waals surface area contributed by atoms with Crippen molar-refractivity contribution < 1.29 is 4.79 Å². The molecule has 0 unspecified atom stereocenters. The second-order valence-corrected chi connectivity index (χ2v) is 8.30. The summed E-state index contributed by atoms with van der Waals surface area (Å²) >= 11 is 8.88. The van der Waals surface area contributed by atoms with Gasteiger partial charge < -0.3 is 4.90 Å². The van der Waals surface area contributed by atoms with E-state index in [9.17, 15) is 4.79 Å². The molecule has 0 saturated carbocycles. The number of carbonyl (C=O) groups excluding carboxylic acids is 1. The first-order valence-corrected chi connectivity index (χ1v) is 10.0. The summed E-state index contributed by atoms with van der Waals surface area (Å²) in [5.41, 5.74) is 2.85. The highest BCUT2D eigenvalue weighted by Gasteiger charge is 2.35. The summed E-state index contributed by atoms with van der Waals surface area (Å²) in [6.45, 7) is 3.61. The highest BCUT2D eigenvalue weighted by Crippen LogP contribution is 2.40. The second kappa shape index (κ2) is 7.00. The predicted octanol–water partition coefficient (Wildman–Crippen LogP) is 3.44. The predicted molar refractivity (Wildman–Crippen MR) is 96.6 cm³/mol. The lowest BCUT2D eigenvalue weighted by atomic mass is 9.75. The number of piperidine rings is 3. The first-order chi connectivity index (χ1) is 11.7. The van der Waals surface area contributed by atoms with E-state index in [4.69, 9.17) is 11.6 Å². The van der Waals surface area contributed by atoms with Crippen LogP contribution in [0, 0.1) is 5.92 Å². The molecule has 3 aliphatic rings. The molecule has 0 spiro atoms. The van der Waals surface area contributed by atoms with Crippen LogP contribution in [0.5, 0.6) is 0 Å². The molecular formula is C16H17ClN4OS2. The van der Waals surface area contributed by atoms with Gasteiger partial charge in [0.25, 0.3) is 5.91 Å². The summed E-state index contributed by atoms with van der Waals surface area (Å²) in [4.78, 5) is 15.3. The van der Waals surface area contributed by atoms with E-state index in [0.717, 1.165) is 17.4 Å². The third kappa shape index (κ3) is 3.31. The van der Waals surface area contributed by atoms with Crippen LogP contribution in [0.1, 0.15) is 34.1 Å². The normalized spacial score (nSPS) is 25.6. The number of hydrogen-bond donors (Lipinski definition) is 1. The monoisotopic (exact) mass is 380 g/mol. The molecule has 2 aromatic rings. The van der Waals surface area contributed by atoms with Gasteiger partial charge in [-0.05, 0) is 67.4 Å². The van der Waals surface area contributed by atoms with Gasteiger partial charge in [0.15, 0.2) is 0 Å². The lowest BCUT2D eigenvalue weighted by Crippen LogP contribution is -2.46. The minimum atomic E-state index is -0.250. The van der Waals surface area contributed by atoms with E-state index in [1.807, 2.05) is 6.07 Å². The average Bonchev–Trinajstić information content (AvgIpc) is 3.16. The number of aromatic nitrogens is 2. The van der Waals surface area contributed by atoms with Gasteiger partial charge in [0.05, 0.1) is 5.02 Å². The Morgan fingerprint density at radius 3 is 2.83 bits per heavy atom. The smallest absolute Gasteiger partial charge is 0.292 e. The number of benzene rings is 1. The van der Waals surface area contributed by atoms with Gasteiger partial charge in [0, 0.05) is 11.4 Å². The van der Waals surface area contributed by atoms with Gasteiger partial charge in [0.1, 0.15) is 5.51 Å². The number of nitrogens with one attached hydrogen (secondary N) is 1. The van der Waals surface area contributed by atoms with E-state index >= 15 is 0 Å². The van der Waals surface area contributed by atoms with E-state index in [0.29, 0.717) is 15.9 Å². The van der Waals surface area contributed by atoms with Crippen LogP contribution in [0.4, 0.5) is 0 Å². The fraction of sp³-hybridized carbons (Fsp3) is 0.438. The van der Waals surface area contributed by atoms with Crippen LogP contribution < -0.4 is 4.72 Å². The highest BCUT2D eigenvalue weighted by atomic mass is 35.5. The second-order valence-electron chi connectivity index (χ2n) is 6.21. The molecule has 5 rings (SSSR count). The topological polar surface area (TPSA) is 58.1 Å². The summed E-state index contributed by atoms with van der Waals surface area (Å²) in [5, 5.41) is 8.46. The van der Waals surface area contributed by atoms with Gasteiger partial charge in [-0.3, -0.25) is 9.52 Å². The molecule has 1 aromatic carbocycles. The Labute approximate surface area is 153 Å². The first kappa shape index (κ1) is 16.3. The van der Waals surface area contributed by atoms with Crippen LogP contribution in [-0.4, -0.2) is 40.6 Å². The fourth-order valence-electron chi connectivity index (χ4n) is 3.59. The molecule has 3 fully saturated rings. The molecule has 3 aliphatic heterocycles. The molecule has 2 bridgehead atoms. The minimum absolute atomic E-state index is 0.250. The summed E-state index contributed by atoms with van der Waals surface area (Å²) < 4.78 is 2.76. The largest absolute Gasteiger partial charge is 0.303 e. The van der Waals surface area contributed by atoms with Crippen molar-refractivity contribution in [2.45, 2.75) is 23.7 Å². The zero-order chi connectivity index (χ0) is 16.5. The van der Waals surface area contributed by atoms with Crippen LogP contribution in [-0.2, 0) is 0 Å². The van der Waals surface area contributed by atoms with Gasteiger partial charge >= 0.3 is 0 Å². The molecule has 8 heteroatoms. The van der Waals surface area contributed by atoms with E-state index in [1.54, 1.807) is 0 Å². The Hall–Kier alpha value is -1.15. The van der Waals surface area contributed by atoms with E-state index in [-0.39, 0.29) is 5.91 Å². The molecule has 24 heavy (non-hydrogen) atoms. The maximum atomic E-state index is 11.9. The van der Waals surface area contributed by atoms with Crippen LogP contribution in [0.3, 0.4) is 0 Å². The third-order valence-electron chi connectivity index (χ3n) is 4.85. The number of rotatable bonds is 4. The van der Waals surface area contributed by atoms with Crippen molar-refractivity contribution in [3.8, 4) is 0 Å². The minimum Gasteiger partial charge on any atom is -0.303 e. The number of hydrogen-bond acceptors (Lipinski definition) is 6. The Morgan fingerprint density at radius 1 is 1.38 bits per heavy atom. The van der Waals surface area contributed by atoms with Gasteiger partial charge in [-0.1, -0.05) is 29.0 Å². The van der Waals surface area contributed by atoms with Crippen molar-refractivity contribution in [1.82, 2.24) is 19.8 Å². The Kier molecular flexibility index (Phi) is 4.76. The Morgan fingerprint density at radius 2 is 2.21 bits per heavy atom. The van der Waals surface area contributed by atoms with Crippen molar-refractivity contribution in [2.75, 3.05) is 19.6 Å². The number of nitrogens with zero attached hydrogens (tertiary/aromatic N) is 3. The van der Waals surface area contributed by atoms with Crippen molar-refractivity contribution in [3.05, 3.63) is 39.3 Å². The summed E-state index contributed by atoms with van der Waals surface area (Å²) in [6.07, 6.45) is 2.58. The molecule has 3 saturated heterocycles. The fourth-order valence-corrected chi connectivity index (χ4v) is 5.00. The maximum absolute atomic E-state index is 11.9. The van der Waals surface area contributed by atoms with Crippen LogP contribution in [0.2, 0.25) is 5.02 Å². The molecule has 1 amide bonds. The molecule has 1 aromatic heterocycles. The quantitative estimate of drug-likeness (QED) is 0.823. The zero-order valence-corrected chi connectivity index (χ0v) is 15.3. The standard InChI is InChI=1S/C16H17ClN4OS2/c17-13-7-11(12-8-21-5-3-10(12)4-6-21)1-2-14(13)24-20-15(22)16-19-18-9-23-16/h1-2,7,9-10,12H,3-6,8H2,(H,20,22)/t12-/m1/s1. The zero-order valence-electron chi connectivity index (χ0n) is 12.9. The number of halogens is 1. The van der Waals surface area contributed by atoms with Crippen LogP contribution in [0.25, 0.3) is 0 Å². The highest BCUT2D eigenvalue weighted by molar-refractivity contribution is 7.98. The maximum Gasteiger partial charge on any atom is 0.292 e. The van der Waals surface area contributed by atoms with Gasteiger partial charge in [-0.15, -0.1) is 10.2 Å². The lowest BCUT2D eigenvalue weighted by Gasteiger charge is -2.45. The summed E-state index contributed by atoms with van der Waals surface area (Å²) in [6, 6.07) is 6.21. The molecule has 5 nitrogen and oxygen atoms in total. The summed E-state index contributed by atoms with van der Waals surface area (Å²) in [7, 11) is 0. The van der Waals surface area contributed by atoms with E-state index < -0.39 is 0 Å². The molecule has 1 atom stereocenters. The molecule has 0 radical (unpaired) electrons. The van der Waals surface area contributed by atoms with Crippen molar-refractivity contribution in [1.29, 1.82) is 0 Å². The molecular weight excluding hydrogens is 364 g/mol. The Bertz CT molecular complexity index is 732. The van der Waals surface area contributed by atoms with Crippen LogP contribution in [0.15, 0.2) is 28.6 Å². The lowest BCUT2D eigenvalue weighted by molar-refractivity contribution is 0.0871. The van der Waals surface area contributed by atoms with Crippen molar-refractivity contribution in [2.24, 2.45) is 5.92 Å². The number of amides is 1. The van der Waals surface area contributed by atoms with Gasteiger partial charge in [-0.2, -0.15) is 0 Å². The van der Waals surface area contributed by atoms with E-state index in [1.165, 1.54) is 60.3 Å². The van der Waals surface area contributed by atoms with Crippen molar-refractivity contribution >= 4 is 40.8 Å². The molecule has 1 N–H and O–H groups in total. The molecule has 126 valence electrons. The van der Waals surface area contributed by atoms with E-state index in [2.05, 4.69) is 32.0 Å². The van der Waals surface area contributed by atoms with Crippen molar-refractivity contribution in [3.63, 3.8) is 0 Å². The average molecular weight is 381 g/mol. The molecule has 4 heterocycles.